The molecule has 1 aromatic rings. The molecule has 0 bridgehead atoms. The predicted octanol–water partition coefficient (Wildman–Crippen LogP) is 2.41. The zero-order valence-electron chi connectivity index (χ0n) is 7.97. The molecular formula is C10H12F2MnO. The molecule has 0 amide bonds. The summed E-state index contributed by atoms with van der Waals surface area (Å²) >= 11 is 0. The van der Waals surface area contributed by atoms with Crippen LogP contribution in [0.25, 0.3) is 0 Å². The number of aliphatic hydroxyl groups is 1. The quantitative estimate of drug-likeness (QED) is 0.622. The van der Waals surface area contributed by atoms with E-state index in [-0.39, 0.29) is 30.1 Å². The summed E-state index contributed by atoms with van der Waals surface area (Å²) in [6, 6.07) is 7.96. The van der Waals surface area contributed by atoms with E-state index in [0.29, 0.717) is 0 Å². The van der Waals surface area contributed by atoms with Gasteiger partial charge in [0, 0.05) is 0 Å². The van der Waals surface area contributed by atoms with Gasteiger partial charge in [0.2, 0.25) is 0 Å². The second-order valence-electron chi connectivity index (χ2n) is 2.59. The molecule has 1 rings (SSSR count). The van der Waals surface area contributed by atoms with E-state index in [0.717, 1.165) is 6.92 Å². The van der Waals surface area contributed by atoms with Crippen molar-refractivity contribution in [2.75, 3.05) is 0 Å². The average molecular weight is 241 g/mol. The molecule has 14 heavy (non-hydrogen) atoms. The average Bonchev–Trinajstić information content (AvgIpc) is 2.06. The van der Waals surface area contributed by atoms with Gasteiger partial charge in [-0.05, 0) is 6.92 Å². The van der Waals surface area contributed by atoms with E-state index in [1.165, 1.54) is 24.3 Å². The Morgan fingerprint density at radius 2 is 2.07 bits per heavy atom. The minimum absolute atomic E-state index is 0. The standard InChI is InChI=1S/C9H9F2O.CH3.Mn/c1-7(12)9(10,11)8-5-3-2-4-6-8;;/h2-3,5-7,12H,1H3;1H3;/q2*-1;+2/t7-;;/m1../s1. The van der Waals surface area contributed by atoms with Crippen molar-refractivity contribution in [1.29, 1.82) is 0 Å². The smallest absolute Gasteiger partial charge is 0.388 e. The van der Waals surface area contributed by atoms with E-state index in [4.69, 9.17) is 5.11 Å². The molecule has 1 atom stereocenters. The topological polar surface area (TPSA) is 20.2 Å². The van der Waals surface area contributed by atoms with E-state index in [9.17, 15) is 8.78 Å². The van der Waals surface area contributed by atoms with Crippen molar-refractivity contribution in [3.8, 4) is 0 Å². The van der Waals surface area contributed by atoms with Gasteiger partial charge in [-0.15, -0.1) is 0 Å². The van der Waals surface area contributed by atoms with E-state index >= 15 is 0 Å². The molecule has 1 N–H and O–H groups in total. The summed E-state index contributed by atoms with van der Waals surface area (Å²) in [6.45, 7) is 1.06. The third kappa shape index (κ3) is 3.37. The molecule has 4 heteroatoms. The van der Waals surface area contributed by atoms with Gasteiger partial charge in [0.25, 0.3) is 5.92 Å². The molecule has 0 heterocycles. The van der Waals surface area contributed by atoms with E-state index < -0.39 is 12.0 Å². The molecule has 0 saturated carbocycles. The Hall–Kier alpha value is -0.441. The van der Waals surface area contributed by atoms with Crippen LogP contribution in [0.3, 0.4) is 0 Å². The Labute approximate surface area is 93.6 Å². The number of aliphatic hydroxyl groups excluding tert-OH is 1. The Bertz CT molecular complexity index is 250. The molecule has 1 aromatic carbocycles. The predicted molar refractivity (Wildman–Crippen MR) is 47.3 cm³/mol. The third-order valence-electron chi connectivity index (χ3n) is 1.62. The normalized spacial score (nSPS) is 12.3. The maximum atomic E-state index is 13.0. The van der Waals surface area contributed by atoms with Gasteiger partial charge in [-0.2, -0.15) is 30.3 Å². The van der Waals surface area contributed by atoms with Crippen LogP contribution in [0.15, 0.2) is 24.3 Å². The zero-order valence-corrected chi connectivity index (χ0v) is 9.15. The SMILES string of the molecule is C[C@@H](O)C(F)(F)c1c[c-]ccc1.[CH3-].[Mn+2]. The van der Waals surface area contributed by atoms with Crippen molar-refractivity contribution >= 4 is 0 Å². The molecule has 0 aliphatic carbocycles. The van der Waals surface area contributed by atoms with Crippen molar-refractivity contribution in [3.63, 3.8) is 0 Å². The molecular weight excluding hydrogens is 229 g/mol. The van der Waals surface area contributed by atoms with Crippen LogP contribution in [0.5, 0.6) is 0 Å². The first-order valence-corrected chi connectivity index (χ1v) is 3.57. The first kappa shape index (κ1) is 16.0. The Morgan fingerprint density at radius 3 is 2.43 bits per heavy atom. The fourth-order valence-electron chi connectivity index (χ4n) is 0.842. The number of halogens is 2. The monoisotopic (exact) mass is 241 g/mol. The van der Waals surface area contributed by atoms with Crippen LogP contribution < -0.4 is 0 Å². The van der Waals surface area contributed by atoms with Gasteiger partial charge in [-0.1, -0.05) is 5.56 Å². The molecule has 0 saturated heterocycles. The molecule has 0 fully saturated rings. The summed E-state index contributed by atoms with van der Waals surface area (Å²) < 4.78 is 26.0. The van der Waals surface area contributed by atoms with Gasteiger partial charge in [0.15, 0.2) is 0 Å². The van der Waals surface area contributed by atoms with Crippen molar-refractivity contribution in [2.24, 2.45) is 0 Å². The van der Waals surface area contributed by atoms with Crippen LogP contribution in [0.4, 0.5) is 8.78 Å². The maximum Gasteiger partial charge on any atom is 2.00 e. The van der Waals surface area contributed by atoms with Crippen molar-refractivity contribution in [3.05, 3.63) is 43.3 Å². The van der Waals surface area contributed by atoms with Crippen LogP contribution in [-0.4, -0.2) is 11.2 Å². The first-order valence-electron chi connectivity index (χ1n) is 3.57. The number of hydrogen-bond donors (Lipinski definition) is 1. The number of benzene rings is 1. The minimum atomic E-state index is -3.18. The van der Waals surface area contributed by atoms with Crippen LogP contribution in [-0.2, 0) is 23.0 Å². The summed E-state index contributed by atoms with van der Waals surface area (Å²) in [5, 5.41) is 8.77. The van der Waals surface area contributed by atoms with Gasteiger partial charge in [0.05, 0.1) is 0 Å². The molecule has 1 nitrogen and oxygen atoms in total. The van der Waals surface area contributed by atoms with Crippen molar-refractivity contribution < 1.29 is 31.0 Å². The van der Waals surface area contributed by atoms with Gasteiger partial charge in [-0.3, -0.25) is 0 Å². The largest absolute Gasteiger partial charge is 2.00 e. The van der Waals surface area contributed by atoms with Gasteiger partial charge < -0.3 is 12.5 Å². The second-order valence-corrected chi connectivity index (χ2v) is 2.59. The van der Waals surface area contributed by atoms with Crippen LogP contribution in [0.1, 0.15) is 12.5 Å². The number of hydrogen-bond acceptors (Lipinski definition) is 1. The maximum absolute atomic E-state index is 13.0. The van der Waals surface area contributed by atoms with Crippen LogP contribution >= 0.6 is 0 Å². The molecule has 0 aliphatic heterocycles. The minimum Gasteiger partial charge on any atom is -0.388 e. The van der Waals surface area contributed by atoms with Gasteiger partial charge in [-0.25, -0.2) is 8.78 Å². The molecule has 0 aromatic heterocycles. The molecule has 0 unspecified atom stereocenters. The second kappa shape index (κ2) is 6.12. The first-order chi connectivity index (χ1) is 5.55. The Balaban J connectivity index is 0. The fourth-order valence-corrected chi connectivity index (χ4v) is 0.842. The summed E-state index contributed by atoms with van der Waals surface area (Å²) in [4.78, 5) is 0. The molecule has 79 valence electrons. The van der Waals surface area contributed by atoms with E-state index in [1.807, 2.05) is 0 Å². The van der Waals surface area contributed by atoms with Crippen molar-refractivity contribution in [2.45, 2.75) is 19.0 Å². The Morgan fingerprint density at radius 1 is 1.50 bits per heavy atom. The molecule has 1 radical (unpaired) electrons. The van der Waals surface area contributed by atoms with E-state index in [1.54, 1.807) is 0 Å². The Kier molecular flexibility index (Phi) is 7.00. The fraction of sp³-hybridized carbons (Fsp3) is 0.300. The summed E-state index contributed by atoms with van der Waals surface area (Å²) in [5.41, 5.74) is -0.208. The number of rotatable bonds is 2. The molecule has 0 spiro atoms. The summed E-state index contributed by atoms with van der Waals surface area (Å²) in [5.74, 6) is -3.18. The zero-order chi connectivity index (χ0) is 9.19. The third-order valence-corrected chi connectivity index (χ3v) is 1.62. The molecule has 0 aliphatic rings. The summed E-state index contributed by atoms with van der Waals surface area (Å²) in [6.07, 6.45) is -1.67. The van der Waals surface area contributed by atoms with Crippen LogP contribution in [0, 0.1) is 13.5 Å². The van der Waals surface area contributed by atoms with Gasteiger partial charge >= 0.3 is 17.1 Å². The van der Waals surface area contributed by atoms with Gasteiger partial charge in [0.1, 0.15) is 6.10 Å². The van der Waals surface area contributed by atoms with Crippen molar-refractivity contribution in [1.82, 2.24) is 0 Å². The van der Waals surface area contributed by atoms with E-state index in [2.05, 4.69) is 6.07 Å². The van der Waals surface area contributed by atoms with Crippen LogP contribution in [0.2, 0.25) is 0 Å². The summed E-state index contributed by atoms with van der Waals surface area (Å²) in [7, 11) is 0. The number of alkyl halides is 2.